The van der Waals surface area contributed by atoms with E-state index in [2.05, 4.69) is 31.3 Å². The van der Waals surface area contributed by atoms with Gasteiger partial charge in [-0.25, -0.2) is 0 Å². The Morgan fingerprint density at radius 2 is 2.11 bits per heavy atom. The largest absolute Gasteiger partial charge is 0.493 e. The molecule has 3 nitrogen and oxygen atoms in total. The summed E-state index contributed by atoms with van der Waals surface area (Å²) in [6.45, 7) is 5.11. The van der Waals surface area contributed by atoms with E-state index in [9.17, 15) is 0 Å². The third-order valence-corrected chi connectivity index (χ3v) is 3.24. The van der Waals surface area contributed by atoms with Gasteiger partial charge in [0.05, 0.1) is 7.11 Å². The SMILES string of the molecule is CCc1ccc(OC(C)CNC2CC2)c(OC)c1. The van der Waals surface area contributed by atoms with Crippen molar-refractivity contribution in [1.29, 1.82) is 0 Å². The molecule has 100 valence electrons. The Morgan fingerprint density at radius 1 is 1.33 bits per heavy atom. The molecular formula is C15H23NO2. The fourth-order valence-electron chi connectivity index (χ4n) is 1.91. The predicted octanol–water partition coefficient (Wildman–Crippen LogP) is 2.78. The maximum absolute atomic E-state index is 5.93. The first-order valence-corrected chi connectivity index (χ1v) is 6.80. The monoisotopic (exact) mass is 249 g/mol. The molecule has 0 aliphatic heterocycles. The number of aryl methyl sites for hydroxylation is 1. The van der Waals surface area contributed by atoms with E-state index in [1.54, 1.807) is 7.11 Å². The van der Waals surface area contributed by atoms with E-state index in [1.165, 1.54) is 18.4 Å². The highest BCUT2D eigenvalue weighted by Crippen LogP contribution is 2.29. The Bertz CT molecular complexity index is 388. The van der Waals surface area contributed by atoms with Gasteiger partial charge in [0.1, 0.15) is 6.10 Å². The average Bonchev–Trinajstić information content (AvgIpc) is 3.21. The van der Waals surface area contributed by atoms with Gasteiger partial charge in [0.25, 0.3) is 0 Å². The third-order valence-electron chi connectivity index (χ3n) is 3.24. The van der Waals surface area contributed by atoms with E-state index in [4.69, 9.17) is 9.47 Å². The van der Waals surface area contributed by atoms with E-state index < -0.39 is 0 Å². The first kappa shape index (κ1) is 13.2. The lowest BCUT2D eigenvalue weighted by atomic mass is 10.1. The van der Waals surface area contributed by atoms with Crippen molar-refractivity contribution in [2.75, 3.05) is 13.7 Å². The van der Waals surface area contributed by atoms with E-state index >= 15 is 0 Å². The Labute approximate surface area is 109 Å². The molecular weight excluding hydrogens is 226 g/mol. The minimum Gasteiger partial charge on any atom is -0.493 e. The van der Waals surface area contributed by atoms with Gasteiger partial charge in [0, 0.05) is 12.6 Å². The van der Waals surface area contributed by atoms with Gasteiger partial charge in [-0.3, -0.25) is 0 Å². The number of rotatable bonds is 7. The van der Waals surface area contributed by atoms with Crippen LogP contribution in [0.25, 0.3) is 0 Å². The van der Waals surface area contributed by atoms with Gasteiger partial charge in [-0.2, -0.15) is 0 Å². The molecule has 2 rings (SSSR count). The van der Waals surface area contributed by atoms with E-state index in [-0.39, 0.29) is 6.10 Å². The average molecular weight is 249 g/mol. The fourth-order valence-corrected chi connectivity index (χ4v) is 1.91. The van der Waals surface area contributed by atoms with E-state index in [0.29, 0.717) is 0 Å². The van der Waals surface area contributed by atoms with Crippen molar-refractivity contribution in [3.05, 3.63) is 23.8 Å². The minimum atomic E-state index is 0.159. The number of methoxy groups -OCH3 is 1. The van der Waals surface area contributed by atoms with Crippen LogP contribution in [-0.2, 0) is 6.42 Å². The normalized spacial score (nSPS) is 16.4. The first-order valence-electron chi connectivity index (χ1n) is 6.80. The molecule has 1 fully saturated rings. The van der Waals surface area contributed by atoms with Crippen molar-refractivity contribution >= 4 is 0 Å². The van der Waals surface area contributed by atoms with E-state index in [1.807, 2.05) is 6.07 Å². The molecule has 1 unspecified atom stereocenters. The highest BCUT2D eigenvalue weighted by molar-refractivity contribution is 5.43. The van der Waals surface area contributed by atoms with Crippen molar-refractivity contribution < 1.29 is 9.47 Å². The van der Waals surface area contributed by atoms with Crippen LogP contribution in [0.3, 0.4) is 0 Å². The second-order valence-electron chi connectivity index (χ2n) is 4.95. The van der Waals surface area contributed by atoms with Gasteiger partial charge in [0.15, 0.2) is 11.5 Å². The van der Waals surface area contributed by atoms with Crippen LogP contribution in [-0.4, -0.2) is 25.8 Å². The highest BCUT2D eigenvalue weighted by atomic mass is 16.5. The second kappa shape index (κ2) is 6.10. The summed E-state index contributed by atoms with van der Waals surface area (Å²) in [6, 6.07) is 6.88. The molecule has 0 radical (unpaired) electrons. The smallest absolute Gasteiger partial charge is 0.161 e. The Morgan fingerprint density at radius 3 is 2.72 bits per heavy atom. The molecule has 0 aromatic heterocycles. The van der Waals surface area contributed by atoms with Crippen molar-refractivity contribution in [1.82, 2.24) is 5.32 Å². The summed E-state index contributed by atoms with van der Waals surface area (Å²) < 4.78 is 11.3. The lowest BCUT2D eigenvalue weighted by Crippen LogP contribution is -2.30. The summed E-state index contributed by atoms with van der Waals surface area (Å²) in [6.07, 6.45) is 3.78. The molecule has 0 bridgehead atoms. The van der Waals surface area contributed by atoms with Gasteiger partial charge in [-0.15, -0.1) is 0 Å². The standard InChI is InChI=1S/C15H23NO2/c1-4-12-5-8-14(15(9-12)17-3)18-11(2)10-16-13-6-7-13/h5,8-9,11,13,16H,4,6-7,10H2,1-3H3. The zero-order chi connectivity index (χ0) is 13.0. The van der Waals surface area contributed by atoms with Crippen molar-refractivity contribution in [3.8, 4) is 11.5 Å². The molecule has 0 heterocycles. The number of hydrogen-bond donors (Lipinski definition) is 1. The third kappa shape index (κ3) is 3.64. The van der Waals surface area contributed by atoms with Crippen LogP contribution < -0.4 is 14.8 Å². The molecule has 1 N–H and O–H groups in total. The maximum atomic E-state index is 5.93. The van der Waals surface area contributed by atoms with Gasteiger partial charge >= 0.3 is 0 Å². The molecule has 1 saturated carbocycles. The van der Waals surface area contributed by atoms with Gasteiger partial charge in [-0.1, -0.05) is 13.0 Å². The maximum Gasteiger partial charge on any atom is 0.161 e. The molecule has 1 aliphatic rings. The molecule has 3 heteroatoms. The molecule has 18 heavy (non-hydrogen) atoms. The molecule has 0 amide bonds. The van der Waals surface area contributed by atoms with Crippen molar-refractivity contribution in [2.45, 2.75) is 45.3 Å². The summed E-state index contributed by atoms with van der Waals surface area (Å²) >= 11 is 0. The quantitative estimate of drug-likeness (QED) is 0.806. The highest BCUT2D eigenvalue weighted by Gasteiger charge is 2.21. The van der Waals surface area contributed by atoms with Crippen LogP contribution >= 0.6 is 0 Å². The summed E-state index contributed by atoms with van der Waals surface area (Å²) in [5.41, 5.74) is 1.27. The van der Waals surface area contributed by atoms with Crippen LogP contribution in [0.5, 0.6) is 11.5 Å². The summed E-state index contributed by atoms with van der Waals surface area (Å²) in [7, 11) is 1.69. The van der Waals surface area contributed by atoms with Crippen LogP contribution in [0.2, 0.25) is 0 Å². The van der Waals surface area contributed by atoms with Gasteiger partial charge in [0.2, 0.25) is 0 Å². The predicted molar refractivity (Wildman–Crippen MR) is 73.5 cm³/mol. The minimum absolute atomic E-state index is 0.159. The van der Waals surface area contributed by atoms with Gasteiger partial charge < -0.3 is 14.8 Å². The van der Waals surface area contributed by atoms with Crippen molar-refractivity contribution in [3.63, 3.8) is 0 Å². The molecule has 1 aromatic carbocycles. The summed E-state index contributed by atoms with van der Waals surface area (Å²) in [5.74, 6) is 1.66. The Kier molecular flexibility index (Phi) is 4.48. The summed E-state index contributed by atoms with van der Waals surface area (Å²) in [4.78, 5) is 0. The summed E-state index contributed by atoms with van der Waals surface area (Å²) in [5, 5.41) is 3.47. The fraction of sp³-hybridized carbons (Fsp3) is 0.600. The Hall–Kier alpha value is -1.22. The molecule has 0 saturated heterocycles. The zero-order valence-corrected chi connectivity index (χ0v) is 11.5. The molecule has 1 aromatic rings. The van der Waals surface area contributed by atoms with Crippen LogP contribution in [0.1, 0.15) is 32.3 Å². The first-order chi connectivity index (χ1) is 8.72. The number of nitrogens with one attached hydrogen (secondary N) is 1. The topological polar surface area (TPSA) is 30.5 Å². The van der Waals surface area contributed by atoms with Crippen LogP contribution in [0, 0.1) is 0 Å². The van der Waals surface area contributed by atoms with Gasteiger partial charge in [-0.05, 0) is 43.9 Å². The zero-order valence-electron chi connectivity index (χ0n) is 11.5. The molecule has 1 aliphatic carbocycles. The van der Waals surface area contributed by atoms with Crippen LogP contribution in [0.15, 0.2) is 18.2 Å². The van der Waals surface area contributed by atoms with E-state index in [0.717, 1.165) is 30.5 Å². The number of hydrogen-bond acceptors (Lipinski definition) is 3. The lowest BCUT2D eigenvalue weighted by Gasteiger charge is -2.18. The van der Waals surface area contributed by atoms with Crippen LogP contribution in [0.4, 0.5) is 0 Å². The number of ether oxygens (including phenoxy) is 2. The Balaban J connectivity index is 1.93. The number of benzene rings is 1. The lowest BCUT2D eigenvalue weighted by molar-refractivity contribution is 0.207. The van der Waals surface area contributed by atoms with Crippen molar-refractivity contribution in [2.24, 2.45) is 0 Å². The molecule has 1 atom stereocenters. The second-order valence-corrected chi connectivity index (χ2v) is 4.95. The molecule has 0 spiro atoms.